The summed E-state index contributed by atoms with van der Waals surface area (Å²) in [7, 11) is 1.69. The summed E-state index contributed by atoms with van der Waals surface area (Å²) < 4.78 is 5.57. The van der Waals surface area contributed by atoms with Crippen LogP contribution in [0.1, 0.15) is 25.0 Å². The molecule has 0 spiro atoms. The third-order valence-corrected chi connectivity index (χ3v) is 6.81. The van der Waals surface area contributed by atoms with E-state index >= 15 is 0 Å². The predicted octanol–water partition coefficient (Wildman–Crippen LogP) is 7.41. The average molecular weight is 444 g/mol. The average Bonchev–Trinajstić information content (AvgIpc) is 2.88. The maximum Gasteiger partial charge on any atom is 0.145 e. The van der Waals surface area contributed by atoms with Gasteiger partial charge in [0, 0.05) is 22.6 Å². The molecule has 1 aliphatic heterocycles. The number of anilines is 3. The van der Waals surface area contributed by atoms with Gasteiger partial charge in [0.15, 0.2) is 0 Å². The largest absolute Gasteiger partial charge is 0.494 e. The molecule has 3 heterocycles. The van der Waals surface area contributed by atoms with Crippen molar-refractivity contribution in [3.05, 3.63) is 108 Å². The molecule has 0 saturated carbocycles. The summed E-state index contributed by atoms with van der Waals surface area (Å²) in [4.78, 5) is 12.0. The van der Waals surface area contributed by atoms with Crippen LogP contribution in [-0.2, 0) is 5.41 Å². The molecule has 5 aromatic rings. The zero-order chi connectivity index (χ0) is 23.3. The first-order valence-electron chi connectivity index (χ1n) is 11.5. The fourth-order valence-corrected chi connectivity index (χ4v) is 5.05. The van der Waals surface area contributed by atoms with E-state index in [9.17, 15) is 0 Å². The molecular formula is C30H25N3O. The van der Waals surface area contributed by atoms with E-state index < -0.39 is 0 Å². The van der Waals surface area contributed by atoms with Crippen LogP contribution in [0.15, 0.2) is 97.2 Å². The van der Waals surface area contributed by atoms with Gasteiger partial charge in [-0.25, -0.2) is 9.97 Å². The lowest BCUT2D eigenvalue weighted by Crippen LogP contribution is -2.30. The van der Waals surface area contributed by atoms with E-state index in [4.69, 9.17) is 14.7 Å². The fourth-order valence-electron chi connectivity index (χ4n) is 5.05. The van der Waals surface area contributed by atoms with Gasteiger partial charge in [0.05, 0.1) is 24.2 Å². The Bertz CT molecular complexity index is 1530. The van der Waals surface area contributed by atoms with Crippen LogP contribution in [0.25, 0.3) is 22.2 Å². The zero-order valence-electron chi connectivity index (χ0n) is 19.5. The van der Waals surface area contributed by atoms with Crippen LogP contribution in [-0.4, -0.2) is 17.1 Å². The normalized spacial score (nSPS) is 13.9. The minimum Gasteiger partial charge on any atom is -0.494 e. The number of hydrogen-bond acceptors (Lipinski definition) is 4. The number of nitrogens with zero attached hydrogens (tertiary/aromatic N) is 3. The van der Waals surface area contributed by atoms with E-state index in [0.717, 1.165) is 45.1 Å². The molecular weight excluding hydrogens is 418 g/mol. The van der Waals surface area contributed by atoms with Crippen molar-refractivity contribution >= 4 is 28.1 Å². The van der Waals surface area contributed by atoms with Gasteiger partial charge in [0.1, 0.15) is 17.1 Å². The van der Waals surface area contributed by atoms with E-state index in [1.54, 1.807) is 7.11 Å². The van der Waals surface area contributed by atoms with Crippen LogP contribution in [0.3, 0.4) is 0 Å². The summed E-state index contributed by atoms with van der Waals surface area (Å²) >= 11 is 0. The Morgan fingerprint density at radius 1 is 0.765 bits per heavy atom. The predicted molar refractivity (Wildman–Crippen MR) is 138 cm³/mol. The molecule has 3 aromatic carbocycles. The molecule has 1 aliphatic rings. The Morgan fingerprint density at radius 2 is 1.59 bits per heavy atom. The van der Waals surface area contributed by atoms with Gasteiger partial charge in [-0.1, -0.05) is 68.4 Å². The van der Waals surface area contributed by atoms with E-state index in [0.29, 0.717) is 0 Å². The molecule has 0 bridgehead atoms. The molecule has 0 saturated heterocycles. The van der Waals surface area contributed by atoms with E-state index in [-0.39, 0.29) is 5.41 Å². The molecule has 4 heteroatoms. The van der Waals surface area contributed by atoms with E-state index in [1.165, 1.54) is 11.1 Å². The Balaban J connectivity index is 1.58. The number of methoxy groups -OCH3 is 1. The first kappa shape index (κ1) is 20.4. The number of para-hydroxylation sites is 2. The lowest BCUT2D eigenvalue weighted by atomic mass is 9.73. The molecule has 4 nitrogen and oxygen atoms in total. The molecule has 166 valence electrons. The Morgan fingerprint density at radius 3 is 2.41 bits per heavy atom. The van der Waals surface area contributed by atoms with E-state index in [1.807, 2.05) is 30.5 Å². The number of hydrogen-bond donors (Lipinski definition) is 0. The van der Waals surface area contributed by atoms with Gasteiger partial charge in [-0.3, -0.25) is 4.90 Å². The Labute approximate surface area is 199 Å². The fraction of sp³-hybridized carbons (Fsp3) is 0.133. The number of aromatic nitrogens is 2. The van der Waals surface area contributed by atoms with Crippen molar-refractivity contribution in [3.8, 4) is 17.0 Å². The van der Waals surface area contributed by atoms with Crippen molar-refractivity contribution < 1.29 is 4.74 Å². The van der Waals surface area contributed by atoms with Crippen molar-refractivity contribution in [1.29, 1.82) is 0 Å². The second kappa shape index (κ2) is 7.70. The van der Waals surface area contributed by atoms with Gasteiger partial charge in [0.25, 0.3) is 0 Å². The number of benzene rings is 3. The number of rotatable bonds is 3. The van der Waals surface area contributed by atoms with Gasteiger partial charge in [0.2, 0.25) is 0 Å². The summed E-state index contributed by atoms with van der Waals surface area (Å²) in [5.74, 6) is 1.68. The highest BCUT2D eigenvalue weighted by Gasteiger charge is 2.37. The minimum atomic E-state index is -0.143. The van der Waals surface area contributed by atoms with Crippen molar-refractivity contribution in [2.75, 3.05) is 12.0 Å². The molecule has 0 fully saturated rings. The maximum absolute atomic E-state index is 5.57. The SMILES string of the molecule is COc1cccc2ccc(-c3ccc4c(c3)N(c3ccccn3)c3ccccc3C4(C)C)nc12. The van der Waals surface area contributed by atoms with Gasteiger partial charge in [-0.15, -0.1) is 0 Å². The van der Waals surface area contributed by atoms with Gasteiger partial charge in [-0.05, 0) is 47.5 Å². The summed E-state index contributed by atoms with van der Waals surface area (Å²) in [6.45, 7) is 4.58. The molecule has 34 heavy (non-hydrogen) atoms. The molecule has 6 rings (SSSR count). The molecule has 0 aliphatic carbocycles. The lowest BCUT2D eigenvalue weighted by molar-refractivity contribution is 0.419. The minimum absolute atomic E-state index is 0.143. The van der Waals surface area contributed by atoms with Gasteiger partial charge >= 0.3 is 0 Å². The van der Waals surface area contributed by atoms with Crippen molar-refractivity contribution in [3.63, 3.8) is 0 Å². The standard InChI is InChI=1S/C30H25N3O/c1-30(2)22-10-4-5-11-25(22)33(28-13-6-7-18-31-28)26-19-21(14-16-23(26)30)24-17-15-20-9-8-12-27(34-3)29(20)32-24/h4-19H,1-3H3. The summed E-state index contributed by atoms with van der Waals surface area (Å²) in [6, 6.07) is 31.5. The summed E-state index contributed by atoms with van der Waals surface area (Å²) in [5, 5.41) is 1.06. The third-order valence-electron chi connectivity index (χ3n) is 6.81. The highest BCUT2D eigenvalue weighted by molar-refractivity contribution is 5.89. The second-order valence-corrected chi connectivity index (χ2v) is 9.13. The van der Waals surface area contributed by atoms with Gasteiger partial charge < -0.3 is 4.74 Å². The first-order chi connectivity index (χ1) is 16.6. The highest BCUT2D eigenvalue weighted by Crippen LogP contribution is 2.52. The zero-order valence-corrected chi connectivity index (χ0v) is 19.5. The van der Waals surface area contributed by atoms with Crippen LogP contribution >= 0.6 is 0 Å². The molecule has 0 radical (unpaired) electrons. The molecule has 0 atom stereocenters. The lowest BCUT2D eigenvalue weighted by Gasteiger charge is -2.41. The number of fused-ring (bicyclic) bond motifs is 3. The Kier molecular flexibility index (Phi) is 4.63. The van der Waals surface area contributed by atoms with Crippen molar-refractivity contribution in [1.82, 2.24) is 9.97 Å². The molecule has 0 unspecified atom stereocenters. The topological polar surface area (TPSA) is 38.2 Å². The highest BCUT2D eigenvalue weighted by atomic mass is 16.5. The third kappa shape index (κ3) is 3.06. The summed E-state index contributed by atoms with van der Waals surface area (Å²) in [6.07, 6.45) is 1.85. The first-order valence-corrected chi connectivity index (χ1v) is 11.5. The van der Waals surface area contributed by atoms with E-state index in [2.05, 4.69) is 85.5 Å². The number of pyridine rings is 2. The molecule has 0 amide bonds. The van der Waals surface area contributed by atoms with Crippen molar-refractivity contribution in [2.45, 2.75) is 19.3 Å². The Hall–Kier alpha value is -4.18. The van der Waals surface area contributed by atoms with Crippen LogP contribution in [0.2, 0.25) is 0 Å². The quantitative estimate of drug-likeness (QED) is 0.291. The van der Waals surface area contributed by atoms with Crippen molar-refractivity contribution in [2.24, 2.45) is 0 Å². The van der Waals surface area contributed by atoms with Crippen LogP contribution in [0.4, 0.5) is 17.2 Å². The van der Waals surface area contributed by atoms with Crippen LogP contribution in [0, 0.1) is 0 Å². The van der Waals surface area contributed by atoms with Crippen LogP contribution in [0.5, 0.6) is 5.75 Å². The smallest absolute Gasteiger partial charge is 0.145 e. The molecule has 0 N–H and O–H groups in total. The van der Waals surface area contributed by atoms with Gasteiger partial charge in [-0.2, -0.15) is 0 Å². The second-order valence-electron chi connectivity index (χ2n) is 9.13. The number of ether oxygens (including phenoxy) is 1. The monoisotopic (exact) mass is 443 g/mol. The van der Waals surface area contributed by atoms with Crippen LogP contribution < -0.4 is 9.64 Å². The molecule has 2 aromatic heterocycles. The summed E-state index contributed by atoms with van der Waals surface area (Å²) in [5.41, 5.74) is 7.53. The maximum atomic E-state index is 5.57.